The first-order valence-corrected chi connectivity index (χ1v) is 5.71. The standard InChI is InChI=1S/C8H12BrN3S/c1-12(2)3-4-13-8-10-5-7(9)6-11-8/h5-6H,3-4H2,1-2H3. The van der Waals surface area contributed by atoms with E-state index in [1.807, 2.05) is 0 Å². The van der Waals surface area contributed by atoms with Crippen LogP contribution in [0.4, 0.5) is 0 Å². The van der Waals surface area contributed by atoms with Gasteiger partial charge in [0.25, 0.3) is 0 Å². The lowest BCUT2D eigenvalue weighted by Gasteiger charge is -2.07. The summed E-state index contributed by atoms with van der Waals surface area (Å²) >= 11 is 4.97. The minimum Gasteiger partial charge on any atom is -0.309 e. The average Bonchev–Trinajstić information content (AvgIpc) is 2.08. The second-order valence-corrected chi connectivity index (χ2v) is 4.81. The van der Waals surface area contributed by atoms with Crippen LogP contribution in [-0.2, 0) is 0 Å². The molecule has 5 heteroatoms. The zero-order chi connectivity index (χ0) is 9.68. The summed E-state index contributed by atoms with van der Waals surface area (Å²) < 4.78 is 0.921. The lowest BCUT2D eigenvalue weighted by Crippen LogP contribution is -2.14. The third-order valence-electron chi connectivity index (χ3n) is 1.37. The topological polar surface area (TPSA) is 29.0 Å². The van der Waals surface area contributed by atoms with E-state index in [1.54, 1.807) is 24.2 Å². The zero-order valence-corrected chi connectivity index (χ0v) is 10.1. The van der Waals surface area contributed by atoms with Crippen molar-refractivity contribution in [2.24, 2.45) is 0 Å². The van der Waals surface area contributed by atoms with Gasteiger partial charge in [0.2, 0.25) is 0 Å². The van der Waals surface area contributed by atoms with Crippen molar-refractivity contribution in [1.82, 2.24) is 14.9 Å². The van der Waals surface area contributed by atoms with Crippen LogP contribution in [0.2, 0.25) is 0 Å². The van der Waals surface area contributed by atoms with Crippen LogP contribution in [0.25, 0.3) is 0 Å². The minimum atomic E-state index is 0.838. The van der Waals surface area contributed by atoms with Gasteiger partial charge in [-0.05, 0) is 30.0 Å². The maximum absolute atomic E-state index is 4.16. The van der Waals surface area contributed by atoms with Gasteiger partial charge in [0.1, 0.15) is 0 Å². The molecule has 0 N–H and O–H groups in total. The average molecular weight is 262 g/mol. The van der Waals surface area contributed by atoms with Gasteiger partial charge < -0.3 is 4.90 Å². The number of nitrogens with zero attached hydrogens (tertiary/aromatic N) is 3. The second kappa shape index (κ2) is 5.57. The van der Waals surface area contributed by atoms with Crippen LogP contribution in [0.5, 0.6) is 0 Å². The van der Waals surface area contributed by atoms with Crippen LogP contribution in [0.1, 0.15) is 0 Å². The Kier molecular flexibility index (Phi) is 4.69. The molecular weight excluding hydrogens is 250 g/mol. The molecule has 0 aliphatic heterocycles. The van der Waals surface area contributed by atoms with Crippen molar-refractivity contribution < 1.29 is 0 Å². The molecule has 0 radical (unpaired) electrons. The highest BCUT2D eigenvalue weighted by molar-refractivity contribution is 9.10. The molecule has 0 fully saturated rings. The van der Waals surface area contributed by atoms with Crippen LogP contribution < -0.4 is 0 Å². The molecule has 0 saturated heterocycles. The molecule has 0 aromatic carbocycles. The Bertz CT molecular complexity index is 250. The van der Waals surface area contributed by atoms with Crippen molar-refractivity contribution in [3.8, 4) is 0 Å². The predicted octanol–water partition coefficient (Wildman–Crippen LogP) is 1.89. The maximum Gasteiger partial charge on any atom is 0.187 e. The van der Waals surface area contributed by atoms with Gasteiger partial charge in [-0.2, -0.15) is 0 Å². The fourth-order valence-electron chi connectivity index (χ4n) is 0.694. The highest BCUT2D eigenvalue weighted by Crippen LogP contribution is 2.13. The molecule has 0 atom stereocenters. The summed E-state index contributed by atoms with van der Waals surface area (Å²) in [6.07, 6.45) is 3.54. The van der Waals surface area contributed by atoms with Crippen molar-refractivity contribution in [3.05, 3.63) is 16.9 Å². The Morgan fingerprint density at radius 1 is 1.38 bits per heavy atom. The van der Waals surface area contributed by atoms with Crippen LogP contribution in [-0.4, -0.2) is 41.3 Å². The van der Waals surface area contributed by atoms with E-state index in [4.69, 9.17) is 0 Å². The van der Waals surface area contributed by atoms with E-state index in [1.165, 1.54) is 0 Å². The van der Waals surface area contributed by atoms with Crippen molar-refractivity contribution in [2.45, 2.75) is 5.16 Å². The lowest BCUT2D eigenvalue weighted by molar-refractivity contribution is 0.437. The van der Waals surface area contributed by atoms with Gasteiger partial charge in [0.15, 0.2) is 5.16 Å². The molecular formula is C8H12BrN3S. The number of aromatic nitrogens is 2. The van der Waals surface area contributed by atoms with Crippen LogP contribution in [0.15, 0.2) is 22.0 Å². The third-order valence-corrected chi connectivity index (χ3v) is 2.63. The first-order valence-electron chi connectivity index (χ1n) is 3.93. The Morgan fingerprint density at radius 3 is 2.54 bits per heavy atom. The fraction of sp³-hybridized carbons (Fsp3) is 0.500. The molecule has 72 valence electrons. The normalized spacial score (nSPS) is 10.8. The molecule has 1 aromatic heterocycles. The van der Waals surface area contributed by atoms with E-state index < -0.39 is 0 Å². The van der Waals surface area contributed by atoms with E-state index in [0.717, 1.165) is 21.9 Å². The predicted molar refractivity (Wildman–Crippen MR) is 59.0 cm³/mol. The van der Waals surface area contributed by atoms with Gasteiger partial charge in [-0.3, -0.25) is 0 Å². The zero-order valence-electron chi connectivity index (χ0n) is 7.70. The molecule has 0 aliphatic rings. The van der Waals surface area contributed by atoms with E-state index >= 15 is 0 Å². The highest BCUT2D eigenvalue weighted by atomic mass is 79.9. The summed E-state index contributed by atoms with van der Waals surface area (Å²) in [5, 5.41) is 0.838. The Balaban J connectivity index is 2.33. The molecule has 13 heavy (non-hydrogen) atoms. The quantitative estimate of drug-likeness (QED) is 0.612. The SMILES string of the molecule is CN(C)CCSc1ncc(Br)cn1. The number of halogens is 1. The lowest BCUT2D eigenvalue weighted by atomic mass is 10.7. The summed E-state index contributed by atoms with van der Waals surface area (Å²) in [6.45, 7) is 1.05. The summed E-state index contributed by atoms with van der Waals surface area (Å²) in [4.78, 5) is 10.5. The minimum absolute atomic E-state index is 0.838. The molecule has 0 spiro atoms. The van der Waals surface area contributed by atoms with E-state index in [2.05, 4.69) is 44.9 Å². The first kappa shape index (κ1) is 10.9. The summed E-state index contributed by atoms with van der Waals surface area (Å²) in [5.74, 6) is 1.02. The third kappa shape index (κ3) is 4.59. The molecule has 0 aliphatic carbocycles. The summed E-state index contributed by atoms with van der Waals surface area (Å²) in [7, 11) is 4.12. The van der Waals surface area contributed by atoms with Crippen molar-refractivity contribution >= 4 is 27.7 Å². The van der Waals surface area contributed by atoms with Crippen LogP contribution >= 0.6 is 27.7 Å². The molecule has 3 nitrogen and oxygen atoms in total. The number of hydrogen-bond donors (Lipinski definition) is 0. The summed E-state index contributed by atoms with van der Waals surface area (Å²) in [6, 6.07) is 0. The number of rotatable bonds is 4. The number of thioether (sulfide) groups is 1. The first-order chi connectivity index (χ1) is 6.18. The maximum atomic E-state index is 4.16. The van der Waals surface area contributed by atoms with Gasteiger partial charge in [0.05, 0.1) is 4.47 Å². The van der Waals surface area contributed by atoms with Gasteiger partial charge >= 0.3 is 0 Å². The molecule has 0 amide bonds. The Labute approximate surface area is 91.1 Å². The summed E-state index contributed by atoms with van der Waals surface area (Å²) in [5.41, 5.74) is 0. The molecule has 1 rings (SSSR count). The second-order valence-electron chi connectivity index (χ2n) is 2.84. The fourth-order valence-corrected chi connectivity index (χ4v) is 1.79. The van der Waals surface area contributed by atoms with Crippen molar-refractivity contribution in [1.29, 1.82) is 0 Å². The van der Waals surface area contributed by atoms with Gasteiger partial charge in [-0.15, -0.1) is 0 Å². The van der Waals surface area contributed by atoms with Crippen LogP contribution in [0, 0.1) is 0 Å². The molecule has 1 heterocycles. The van der Waals surface area contributed by atoms with Gasteiger partial charge in [0, 0.05) is 24.7 Å². The van der Waals surface area contributed by atoms with E-state index in [9.17, 15) is 0 Å². The van der Waals surface area contributed by atoms with Gasteiger partial charge in [-0.1, -0.05) is 11.8 Å². The molecule has 1 aromatic rings. The van der Waals surface area contributed by atoms with E-state index in [-0.39, 0.29) is 0 Å². The van der Waals surface area contributed by atoms with Crippen molar-refractivity contribution in [2.75, 3.05) is 26.4 Å². The Morgan fingerprint density at radius 2 is 2.00 bits per heavy atom. The molecule has 0 saturated carbocycles. The van der Waals surface area contributed by atoms with Gasteiger partial charge in [-0.25, -0.2) is 9.97 Å². The largest absolute Gasteiger partial charge is 0.309 e. The van der Waals surface area contributed by atoms with Crippen LogP contribution in [0.3, 0.4) is 0 Å². The smallest absolute Gasteiger partial charge is 0.187 e. The molecule has 0 bridgehead atoms. The van der Waals surface area contributed by atoms with Crippen molar-refractivity contribution in [3.63, 3.8) is 0 Å². The number of hydrogen-bond acceptors (Lipinski definition) is 4. The monoisotopic (exact) mass is 261 g/mol. The molecule has 0 unspecified atom stereocenters. The highest BCUT2D eigenvalue weighted by Gasteiger charge is 1.97. The van der Waals surface area contributed by atoms with E-state index in [0.29, 0.717) is 0 Å². The Hall–Kier alpha value is -0.130.